The molecule has 2 aliphatic carbocycles. The molecule has 2 aliphatic rings. The molecule has 1 aromatic rings. The first-order valence-corrected chi connectivity index (χ1v) is 7.88. The Morgan fingerprint density at radius 2 is 1.90 bits per heavy atom. The minimum Gasteiger partial charge on any atom is -0.329 e. The molecule has 2 saturated carbocycles. The predicted molar refractivity (Wildman–Crippen MR) is 79.9 cm³/mol. The third kappa shape index (κ3) is 3.21. The average Bonchev–Trinajstić information content (AvgIpc) is 3.31. The molecule has 0 spiro atoms. The van der Waals surface area contributed by atoms with E-state index in [4.69, 9.17) is 5.73 Å². The third-order valence-corrected chi connectivity index (χ3v) is 4.89. The van der Waals surface area contributed by atoms with Gasteiger partial charge in [0.15, 0.2) is 0 Å². The van der Waals surface area contributed by atoms with Crippen LogP contribution in [0.4, 0.5) is 4.39 Å². The lowest BCUT2D eigenvalue weighted by Crippen LogP contribution is -2.33. The summed E-state index contributed by atoms with van der Waals surface area (Å²) in [7, 11) is 0. The molecule has 0 bridgehead atoms. The van der Waals surface area contributed by atoms with Gasteiger partial charge in [-0.3, -0.25) is 0 Å². The van der Waals surface area contributed by atoms with Crippen molar-refractivity contribution in [3.63, 3.8) is 0 Å². The van der Waals surface area contributed by atoms with Crippen LogP contribution in [-0.4, -0.2) is 13.1 Å². The quantitative estimate of drug-likeness (QED) is 0.803. The highest BCUT2D eigenvalue weighted by Crippen LogP contribution is 2.48. The fraction of sp³-hybridized carbons (Fsp3) is 0.647. The van der Waals surface area contributed by atoms with Crippen LogP contribution < -0.4 is 11.1 Å². The molecule has 0 radical (unpaired) electrons. The number of nitrogens with one attached hydrogen (secondary N) is 1. The van der Waals surface area contributed by atoms with Crippen LogP contribution in [-0.2, 0) is 0 Å². The van der Waals surface area contributed by atoms with E-state index in [2.05, 4.69) is 5.32 Å². The Kier molecular flexibility index (Phi) is 4.08. The summed E-state index contributed by atoms with van der Waals surface area (Å²) in [5, 5.41) is 3.58. The van der Waals surface area contributed by atoms with E-state index in [9.17, 15) is 4.39 Å². The highest BCUT2D eigenvalue weighted by atomic mass is 19.1. The van der Waals surface area contributed by atoms with Gasteiger partial charge in [0.2, 0.25) is 0 Å². The van der Waals surface area contributed by atoms with Crippen molar-refractivity contribution in [1.29, 1.82) is 0 Å². The monoisotopic (exact) mass is 276 g/mol. The first-order valence-electron chi connectivity index (χ1n) is 7.88. The molecular weight excluding hydrogens is 251 g/mol. The zero-order valence-electron chi connectivity index (χ0n) is 12.2. The summed E-state index contributed by atoms with van der Waals surface area (Å²) >= 11 is 0. The fourth-order valence-electron chi connectivity index (χ4n) is 3.21. The van der Waals surface area contributed by atoms with Gasteiger partial charge in [0.05, 0.1) is 0 Å². The minimum absolute atomic E-state index is 0.0742. The van der Waals surface area contributed by atoms with Crippen LogP contribution in [0, 0.1) is 30.5 Å². The maximum atomic E-state index is 13.7. The fourth-order valence-corrected chi connectivity index (χ4v) is 3.21. The van der Waals surface area contributed by atoms with Gasteiger partial charge in [-0.25, -0.2) is 4.39 Å². The Morgan fingerprint density at radius 3 is 2.40 bits per heavy atom. The van der Waals surface area contributed by atoms with Crippen LogP contribution in [0.5, 0.6) is 0 Å². The van der Waals surface area contributed by atoms with Crippen molar-refractivity contribution in [2.75, 3.05) is 13.1 Å². The number of aryl methyl sites for hydroxylation is 1. The Bertz CT molecular complexity index is 454. The largest absolute Gasteiger partial charge is 0.329 e. The van der Waals surface area contributed by atoms with Gasteiger partial charge in [-0.1, -0.05) is 12.1 Å². The van der Waals surface area contributed by atoms with E-state index in [1.54, 1.807) is 13.0 Å². The maximum Gasteiger partial charge on any atom is 0.126 e. The zero-order valence-corrected chi connectivity index (χ0v) is 12.2. The van der Waals surface area contributed by atoms with E-state index in [1.165, 1.54) is 25.7 Å². The SMILES string of the molecule is Cc1ccc(C(CN)NCC(C2CC2)C2CC2)cc1F. The minimum atomic E-state index is -0.135. The van der Waals surface area contributed by atoms with Gasteiger partial charge in [-0.2, -0.15) is 0 Å². The lowest BCUT2D eigenvalue weighted by atomic mass is 9.96. The average molecular weight is 276 g/mol. The molecule has 1 aromatic carbocycles. The first kappa shape index (κ1) is 14.0. The number of benzene rings is 1. The van der Waals surface area contributed by atoms with Gasteiger partial charge in [0.25, 0.3) is 0 Å². The van der Waals surface area contributed by atoms with E-state index >= 15 is 0 Å². The van der Waals surface area contributed by atoms with Crippen LogP contribution in [0.2, 0.25) is 0 Å². The normalized spacial score (nSPS) is 20.4. The molecule has 0 saturated heterocycles. The van der Waals surface area contributed by atoms with Crippen LogP contribution >= 0.6 is 0 Å². The lowest BCUT2D eigenvalue weighted by molar-refractivity contribution is 0.357. The maximum absolute atomic E-state index is 13.7. The third-order valence-electron chi connectivity index (χ3n) is 4.89. The van der Waals surface area contributed by atoms with Gasteiger partial charge in [0, 0.05) is 12.6 Å². The molecule has 3 rings (SSSR count). The highest BCUT2D eigenvalue weighted by molar-refractivity contribution is 5.26. The Morgan fingerprint density at radius 1 is 1.25 bits per heavy atom. The molecule has 3 N–H and O–H groups in total. The molecule has 2 nitrogen and oxygen atoms in total. The Hall–Kier alpha value is -0.930. The number of nitrogens with two attached hydrogens (primary N) is 1. The zero-order chi connectivity index (χ0) is 14.1. The van der Waals surface area contributed by atoms with E-state index in [-0.39, 0.29) is 11.9 Å². The van der Waals surface area contributed by atoms with Crippen LogP contribution in [0.15, 0.2) is 18.2 Å². The van der Waals surface area contributed by atoms with Gasteiger partial charge in [-0.15, -0.1) is 0 Å². The Labute approximate surface area is 120 Å². The van der Waals surface area contributed by atoms with Gasteiger partial charge in [-0.05, 0) is 74.1 Å². The number of hydrogen-bond donors (Lipinski definition) is 2. The molecule has 3 heteroatoms. The highest BCUT2D eigenvalue weighted by Gasteiger charge is 2.41. The molecule has 0 aliphatic heterocycles. The second kappa shape index (κ2) is 5.82. The van der Waals surface area contributed by atoms with Crippen molar-refractivity contribution in [2.24, 2.45) is 23.5 Å². The molecular formula is C17H25FN2. The second-order valence-corrected chi connectivity index (χ2v) is 6.54. The summed E-state index contributed by atoms with van der Waals surface area (Å²) in [6, 6.07) is 5.54. The van der Waals surface area contributed by atoms with Crippen molar-refractivity contribution >= 4 is 0 Å². The summed E-state index contributed by atoms with van der Waals surface area (Å²) in [5.74, 6) is 2.55. The van der Waals surface area contributed by atoms with Crippen LogP contribution in [0.25, 0.3) is 0 Å². The topological polar surface area (TPSA) is 38.0 Å². The summed E-state index contributed by atoms with van der Waals surface area (Å²) in [6.45, 7) is 3.34. The number of halogens is 1. The Balaban J connectivity index is 1.62. The summed E-state index contributed by atoms with van der Waals surface area (Å²) in [5.41, 5.74) is 7.54. The molecule has 0 aromatic heterocycles. The van der Waals surface area contributed by atoms with Crippen LogP contribution in [0.1, 0.15) is 42.9 Å². The van der Waals surface area contributed by atoms with Gasteiger partial charge < -0.3 is 11.1 Å². The molecule has 2 fully saturated rings. The van der Waals surface area contributed by atoms with Crippen molar-refractivity contribution in [2.45, 2.75) is 38.6 Å². The molecule has 0 amide bonds. The number of hydrogen-bond acceptors (Lipinski definition) is 2. The molecule has 20 heavy (non-hydrogen) atoms. The summed E-state index contributed by atoms with van der Waals surface area (Å²) in [6.07, 6.45) is 5.59. The van der Waals surface area contributed by atoms with Crippen molar-refractivity contribution in [1.82, 2.24) is 5.32 Å². The van der Waals surface area contributed by atoms with E-state index in [1.807, 2.05) is 12.1 Å². The van der Waals surface area contributed by atoms with Crippen molar-refractivity contribution in [3.05, 3.63) is 35.1 Å². The molecule has 1 unspecified atom stereocenters. The second-order valence-electron chi connectivity index (χ2n) is 6.54. The standard InChI is InChI=1S/C17H25FN2/c1-11-2-3-14(8-16(11)18)17(9-19)20-10-15(12-4-5-12)13-6-7-13/h2-3,8,12-13,15,17,20H,4-7,9-10,19H2,1H3. The smallest absolute Gasteiger partial charge is 0.126 e. The molecule has 1 atom stereocenters. The van der Waals surface area contributed by atoms with E-state index in [0.29, 0.717) is 12.1 Å². The summed E-state index contributed by atoms with van der Waals surface area (Å²) in [4.78, 5) is 0. The van der Waals surface area contributed by atoms with Crippen LogP contribution in [0.3, 0.4) is 0 Å². The predicted octanol–water partition coefficient (Wildman–Crippen LogP) is 3.16. The lowest BCUT2D eigenvalue weighted by Gasteiger charge is -2.22. The summed E-state index contributed by atoms with van der Waals surface area (Å²) < 4.78 is 13.7. The van der Waals surface area contributed by atoms with Gasteiger partial charge >= 0.3 is 0 Å². The van der Waals surface area contributed by atoms with Gasteiger partial charge in [0.1, 0.15) is 5.82 Å². The van der Waals surface area contributed by atoms with Crippen molar-refractivity contribution in [3.8, 4) is 0 Å². The van der Waals surface area contributed by atoms with Crippen molar-refractivity contribution < 1.29 is 4.39 Å². The molecule has 0 heterocycles. The first-order chi connectivity index (χ1) is 9.69. The number of rotatable bonds is 7. The molecule has 110 valence electrons. The van der Waals surface area contributed by atoms with E-state index < -0.39 is 0 Å². The van der Waals surface area contributed by atoms with E-state index in [0.717, 1.165) is 29.9 Å².